The highest BCUT2D eigenvalue weighted by molar-refractivity contribution is 5.95. The van der Waals surface area contributed by atoms with E-state index in [-0.39, 0.29) is 23.8 Å². The van der Waals surface area contributed by atoms with Crippen molar-refractivity contribution >= 4 is 22.6 Å². The fourth-order valence-electron chi connectivity index (χ4n) is 4.67. The van der Waals surface area contributed by atoms with Crippen LogP contribution in [-0.2, 0) is 0 Å². The van der Waals surface area contributed by atoms with Crippen molar-refractivity contribution in [3.8, 4) is 0 Å². The number of carboxylic acids is 1. The van der Waals surface area contributed by atoms with Crippen molar-refractivity contribution in [3.05, 3.63) is 39.4 Å². The molecule has 8 heteroatoms. The molecule has 1 aliphatic heterocycles. The van der Waals surface area contributed by atoms with Crippen molar-refractivity contribution in [1.82, 2.24) is 4.57 Å². The number of benzene rings is 1. The highest BCUT2D eigenvalue weighted by Crippen LogP contribution is 2.43. The number of carbonyl (C=O) groups is 1. The van der Waals surface area contributed by atoms with Crippen LogP contribution in [0.4, 0.5) is 14.5 Å². The first-order chi connectivity index (χ1) is 13.7. The number of alkyl halides is 1. The van der Waals surface area contributed by atoms with E-state index in [4.69, 9.17) is 5.73 Å². The Hall–Kier alpha value is -2.48. The van der Waals surface area contributed by atoms with Gasteiger partial charge in [0.1, 0.15) is 17.6 Å². The third-order valence-corrected chi connectivity index (χ3v) is 6.21. The Labute approximate surface area is 166 Å². The number of hydrogen-bond acceptors (Lipinski definition) is 4. The molecule has 2 aromatic rings. The van der Waals surface area contributed by atoms with Gasteiger partial charge in [-0.3, -0.25) is 4.79 Å². The Kier molecular flexibility index (Phi) is 4.85. The lowest BCUT2D eigenvalue weighted by Crippen LogP contribution is -2.30. The molecule has 1 saturated heterocycles. The third kappa shape index (κ3) is 3.19. The molecule has 2 heterocycles. The maximum atomic E-state index is 15.2. The molecule has 1 aromatic carbocycles. The van der Waals surface area contributed by atoms with Crippen LogP contribution >= 0.6 is 0 Å². The van der Waals surface area contributed by atoms with Gasteiger partial charge in [0, 0.05) is 37.1 Å². The lowest BCUT2D eigenvalue weighted by Gasteiger charge is -2.24. The zero-order chi connectivity index (χ0) is 21.0. The summed E-state index contributed by atoms with van der Waals surface area (Å²) in [5, 5.41) is 9.34. The summed E-state index contributed by atoms with van der Waals surface area (Å²) in [6.45, 7) is 4.90. The minimum absolute atomic E-state index is 0.0312. The standard InChI is InChI=1S/C21H25F2N3O3/c1-3-4-11-7-25(9-16(11)24)19-10(2)18-12(5-15(19)23)20(27)13(21(28)29)8-26(18)17-6-14(17)22/h5,8,11,14,16-17H,3-4,6-7,9,24H2,1-2H3,(H,28,29)/t11-,14-,16+,17+/m0/s1. The maximum Gasteiger partial charge on any atom is 0.341 e. The Morgan fingerprint density at radius 3 is 2.66 bits per heavy atom. The average molecular weight is 405 g/mol. The quantitative estimate of drug-likeness (QED) is 0.798. The molecule has 3 N–H and O–H groups in total. The molecule has 0 unspecified atom stereocenters. The van der Waals surface area contributed by atoms with Crippen molar-refractivity contribution in [3.63, 3.8) is 0 Å². The molecule has 29 heavy (non-hydrogen) atoms. The topological polar surface area (TPSA) is 88.6 Å². The molecule has 0 radical (unpaired) electrons. The normalized spacial score (nSPS) is 26.3. The number of anilines is 1. The van der Waals surface area contributed by atoms with Crippen LogP contribution in [0.2, 0.25) is 0 Å². The van der Waals surface area contributed by atoms with E-state index in [2.05, 4.69) is 6.92 Å². The number of aryl methyl sites for hydroxylation is 1. The molecule has 2 fully saturated rings. The smallest absolute Gasteiger partial charge is 0.341 e. The van der Waals surface area contributed by atoms with Crippen LogP contribution in [0.1, 0.15) is 48.1 Å². The van der Waals surface area contributed by atoms with E-state index in [1.165, 1.54) is 10.8 Å². The molecule has 4 rings (SSSR count). The molecule has 1 saturated carbocycles. The van der Waals surface area contributed by atoms with Gasteiger partial charge in [-0.1, -0.05) is 13.3 Å². The number of aromatic nitrogens is 1. The van der Waals surface area contributed by atoms with E-state index in [0.29, 0.717) is 29.9 Å². The first kappa shape index (κ1) is 19.8. The number of pyridine rings is 1. The molecule has 0 bridgehead atoms. The minimum Gasteiger partial charge on any atom is -0.477 e. The van der Waals surface area contributed by atoms with Gasteiger partial charge in [-0.25, -0.2) is 13.6 Å². The molecule has 2 aliphatic rings. The predicted octanol–water partition coefficient (Wildman–Crippen LogP) is 2.99. The van der Waals surface area contributed by atoms with E-state index in [1.54, 1.807) is 6.92 Å². The summed E-state index contributed by atoms with van der Waals surface area (Å²) < 4.78 is 30.5. The second-order valence-electron chi connectivity index (χ2n) is 8.25. The number of nitrogens with two attached hydrogens (primary N) is 1. The molecule has 4 atom stereocenters. The molecule has 0 amide bonds. The largest absolute Gasteiger partial charge is 0.477 e. The van der Waals surface area contributed by atoms with Crippen LogP contribution in [-0.4, -0.2) is 40.9 Å². The second kappa shape index (κ2) is 7.09. The number of nitrogens with zero attached hydrogens (tertiary/aromatic N) is 2. The van der Waals surface area contributed by atoms with Gasteiger partial charge in [0.25, 0.3) is 0 Å². The van der Waals surface area contributed by atoms with Crippen LogP contribution in [0.3, 0.4) is 0 Å². The van der Waals surface area contributed by atoms with E-state index in [0.717, 1.165) is 18.9 Å². The summed E-state index contributed by atoms with van der Waals surface area (Å²) in [5.74, 6) is -1.74. The van der Waals surface area contributed by atoms with Crippen LogP contribution in [0.25, 0.3) is 10.9 Å². The zero-order valence-corrected chi connectivity index (χ0v) is 16.5. The Morgan fingerprint density at radius 1 is 1.38 bits per heavy atom. The molecular formula is C21H25F2N3O3. The number of hydrogen-bond donors (Lipinski definition) is 2. The van der Waals surface area contributed by atoms with Crippen molar-refractivity contribution in [2.45, 2.75) is 51.4 Å². The first-order valence-corrected chi connectivity index (χ1v) is 10.00. The van der Waals surface area contributed by atoms with Gasteiger partial charge < -0.3 is 20.3 Å². The summed E-state index contributed by atoms with van der Waals surface area (Å²) >= 11 is 0. The van der Waals surface area contributed by atoms with Crippen LogP contribution in [0.15, 0.2) is 17.1 Å². The summed E-state index contributed by atoms with van der Waals surface area (Å²) in [6, 6.07) is 0.485. The summed E-state index contributed by atoms with van der Waals surface area (Å²) in [5.41, 5.74) is 6.29. The van der Waals surface area contributed by atoms with E-state index in [1.807, 2.05) is 4.90 Å². The van der Waals surface area contributed by atoms with Gasteiger partial charge in [-0.2, -0.15) is 0 Å². The SMILES string of the molecule is CCC[C@H]1CN(c2c(F)cc3c(=O)c(C(=O)O)cn([C@@H]4C[C@@H]4F)c3c2C)C[C@H]1N. The Balaban J connectivity index is 1.92. The van der Waals surface area contributed by atoms with E-state index >= 15 is 4.39 Å². The predicted molar refractivity (Wildman–Crippen MR) is 107 cm³/mol. The van der Waals surface area contributed by atoms with Crippen molar-refractivity contribution in [1.29, 1.82) is 0 Å². The average Bonchev–Trinajstić information content (AvgIpc) is 3.27. The van der Waals surface area contributed by atoms with Crippen molar-refractivity contribution in [2.24, 2.45) is 11.7 Å². The highest BCUT2D eigenvalue weighted by atomic mass is 19.1. The fraction of sp³-hybridized carbons (Fsp3) is 0.524. The molecule has 1 aliphatic carbocycles. The van der Waals surface area contributed by atoms with Gasteiger partial charge in [0.05, 0.1) is 17.2 Å². The van der Waals surface area contributed by atoms with Gasteiger partial charge in [-0.05, 0) is 30.9 Å². The third-order valence-electron chi connectivity index (χ3n) is 6.21. The summed E-state index contributed by atoms with van der Waals surface area (Å²) in [7, 11) is 0. The molecular weight excluding hydrogens is 380 g/mol. The minimum atomic E-state index is -1.41. The monoisotopic (exact) mass is 405 g/mol. The van der Waals surface area contributed by atoms with Crippen molar-refractivity contribution < 1.29 is 18.7 Å². The van der Waals surface area contributed by atoms with Gasteiger partial charge >= 0.3 is 5.97 Å². The lowest BCUT2D eigenvalue weighted by molar-refractivity contribution is 0.0694. The molecule has 156 valence electrons. The lowest BCUT2D eigenvalue weighted by atomic mass is 9.99. The number of aromatic carboxylic acids is 1. The first-order valence-electron chi connectivity index (χ1n) is 10.00. The maximum absolute atomic E-state index is 15.2. The number of carboxylic acid groups (broad SMARTS) is 1. The highest BCUT2D eigenvalue weighted by Gasteiger charge is 2.41. The Bertz CT molecular complexity index is 1050. The van der Waals surface area contributed by atoms with Gasteiger partial charge in [0.2, 0.25) is 5.43 Å². The summed E-state index contributed by atoms with van der Waals surface area (Å²) in [6.07, 6.45) is 2.27. The van der Waals surface area contributed by atoms with Crippen molar-refractivity contribution in [2.75, 3.05) is 18.0 Å². The zero-order valence-electron chi connectivity index (χ0n) is 16.5. The molecule has 0 spiro atoms. The molecule has 1 aromatic heterocycles. The van der Waals surface area contributed by atoms with Gasteiger partial charge in [0.15, 0.2) is 0 Å². The molecule has 6 nitrogen and oxygen atoms in total. The van der Waals surface area contributed by atoms with Crippen LogP contribution in [0.5, 0.6) is 0 Å². The Morgan fingerprint density at radius 2 is 2.07 bits per heavy atom. The van der Waals surface area contributed by atoms with E-state index < -0.39 is 35.0 Å². The number of halogens is 2. The van der Waals surface area contributed by atoms with Gasteiger partial charge in [-0.15, -0.1) is 0 Å². The van der Waals surface area contributed by atoms with Crippen LogP contribution < -0.4 is 16.1 Å². The van der Waals surface area contributed by atoms with Crippen LogP contribution in [0, 0.1) is 18.7 Å². The second-order valence-corrected chi connectivity index (χ2v) is 8.25. The van der Waals surface area contributed by atoms with E-state index in [9.17, 15) is 19.1 Å². The number of fused-ring (bicyclic) bond motifs is 1. The fourth-order valence-corrected chi connectivity index (χ4v) is 4.67. The summed E-state index contributed by atoms with van der Waals surface area (Å²) in [4.78, 5) is 26.1. The number of rotatable bonds is 5.